The van der Waals surface area contributed by atoms with Gasteiger partial charge in [0.1, 0.15) is 0 Å². The molecule has 180 valence electrons. The molecule has 1 atom stereocenters. The van der Waals surface area contributed by atoms with Crippen LogP contribution >= 0.6 is 11.3 Å². The number of benzene rings is 2. The van der Waals surface area contributed by atoms with E-state index < -0.39 is 5.97 Å². The second kappa shape index (κ2) is 11.4. The third-order valence-electron chi connectivity index (χ3n) is 5.38. The summed E-state index contributed by atoms with van der Waals surface area (Å²) in [5.74, 6) is 0.276. The molecule has 1 unspecified atom stereocenters. The number of hydrogen-bond donors (Lipinski definition) is 3. The Balaban J connectivity index is 1.25. The second-order valence-corrected chi connectivity index (χ2v) is 9.21. The molecule has 0 saturated heterocycles. The van der Waals surface area contributed by atoms with Gasteiger partial charge in [-0.15, -0.1) is 11.3 Å². The number of thiophene rings is 1. The maximum atomic E-state index is 12.0. The van der Waals surface area contributed by atoms with E-state index >= 15 is 0 Å². The van der Waals surface area contributed by atoms with E-state index in [0.717, 1.165) is 29.1 Å². The van der Waals surface area contributed by atoms with Gasteiger partial charge in [0.05, 0.1) is 11.3 Å². The zero-order valence-corrected chi connectivity index (χ0v) is 20.0. The number of aromatic nitrogens is 2. The number of nitrogens with zero attached hydrogens (tertiary/aromatic N) is 2. The number of carbonyl (C=O) groups excluding carboxylic acids is 1. The van der Waals surface area contributed by atoms with Gasteiger partial charge in [-0.3, -0.25) is 9.59 Å². The van der Waals surface area contributed by atoms with E-state index in [-0.39, 0.29) is 18.9 Å². The van der Waals surface area contributed by atoms with Crippen molar-refractivity contribution in [1.82, 2.24) is 15.5 Å². The molecule has 0 bridgehead atoms. The van der Waals surface area contributed by atoms with Gasteiger partial charge in [0, 0.05) is 29.9 Å². The molecule has 0 aliphatic rings. The number of anilines is 1. The molecule has 1 amide bonds. The zero-order chi connectivity index (χ0) is 24.6. The first-order chi connectivity index (χ1) is 17.0. The fraction of sp³-hybridized carbons (Fsp3) is 0.231. The highest BCUT2D eigenvalue weighted by molar-refractivity contribution is 7.13. The quantitative estimate of drug-likeness (QED) is 0.272. The van der Waals surface area contributed by atoms with E-state index in [1.54, 1.807) is 23.5 Å². The third-order valence-corrected chi connectivity index (χ3v) is 6.24. The summed E-state index contributed by atoms with van der Waals surface area (Å²) in [6, 6.07) is 19.3. The van der Waals surface area contributed by atoms with Crippen LogP contribution in [0.3, 0.4) is 0 Å². The maximum Gasteiger partial charge on any atom is 0.305 e. The Kier molecular flexibility index (Phi) is 7.89. The molecular weight excluding hydrogens is 464 g/mol. The number of carbonyl (C=O) groups is 2. The van der Waals surface area contributed by atoms with Crippen molar-refractivity contribution in [2.75, 3.05) is 18.4 Å². The van der Waals surface area contributed by atoms with Gasteiger partial charge < -0.3 is 20.3 Å². The molecule has 0 aliphatic heterocycles. The van der Waals surface area contributed by atoms with Gasteiger partial charge in [0.25, 0.3) is 11.8 Å². The fourth-order valence-corrected chi connectivity index (χ4v) is 4.17. The molecule has 9 heteroatoms. The van der Waals surface area contributed by atoms with Gasteiger partial charge in [0.15, 0.2) is 0 Å². The van der Waals surface area contributed by atoms with Gasteiger partial charge in [-0.1, -0.05) is 42.4 Å². The van der Waals surface area contributed by atoms with Crippen molar-refractivity contribution in [1.29, 1.82) is 0 Å². The number of amides is 1. The van der Waals surface area contributed by atoms with Crippen molar-refractivity contribution in [2.45, 2.75) is 19.8 Å². The lowest BCUT2D eigenvalue weighted by Crippen LogP contribution is -2.25. The molecule has 2 aromatic heterocycles. The summed E-state index contributed by atoms with van der Waals surface area (Å²) < 4.78 is 5.38. The molecule has 3 N–H and O–H groups in total. The van der Waals surface area contributed by atoms with Crippen molar-refractivity contribution >= 4 is 28.9 Å². The molecular formula is C26H26N4O4S. The van der Waals surface area contributed by atoms with E-state index in [4.69, 9.17) is 9.63 Å². The van der Waals surface area contributed by atoms with E-state index in [2.05, 4.69) is 39.8 Å². The number of aliphatic carboxylic acids is 1. The van der Waals surface area contributed by atoms with Crippen LogP contribution in [-0.4, -0.2) is 40.2 Å². The molecule has 0 fully saturated rings. The van der Waals surface area contributed by atoms with E-state index in [1.807, 2.05) is 41.8 Å². The molecule has 35 heavy (non-hydrogen) atoms. The zero-order valence-electron chi connectivity index (χ0n) is 19.2. The molecule has 4 aromatic rings. The Bertz CT molecular complexity index is 1250. The minimum atomic E-state index is -0.940. The Morgan fingerprint density at radius 2 is 1.86 bits per heavy atom. The maximum absolute atomic E-state index is 12.0. The molecule has 2 aromatic carbocycles. The monoisotopic (exact) mass is 490 g/mol. The van der Waals surface area contributed by atoms with Crippen LogP contribution in [0, 0.1) is 5.92 Å². The molecule has 0 aliphatic carbocycles. The summed E-state index contributed by atoms with van der Waals surface area (Å²) in [7, 11) is 0. The molecule has 4 rings (SSSR count). The topological polar surface area (TPSA) is 117 Å². The summed E-state index contributed by atoms with van der Waals surface area (Å²) in [6.45, 7) is 3.07. The summed E-state index contributed by atoms with van der Waals surface area (Å²) in [6.07, 6.45) is 0.809. The average Bonchev–Trinajstić information content (AvgIpc) is 3.56. The van der Waals surface area contributed by atoms with E-state index in [9.17, 15) is 9.59 Å². The summed E-state index contributed by atoms with van der Waals surface area (Å²) >= 11 is 1.56. The lowest BCUT2D eigenvalue weighted by atomic mass is 10.00. The van der Waals surface area contributed by atoms with Crippen LogP contribution in [-0.2, 0) is 11.2 Å². The van der Waals surface area contributed by atoms with Gasteiger partial charge in [0.2, 0.25) is 5.82 Å². The van der Waals surface area contributed by atoms with Gasteiger partial charge in [-0.25, -0.2) is 0 Å². The lowest BCUT2D eigenvalue weighted by Gasteiger charge is -2.14. The van der Waals surface area contributed by atoms with Crippen LogP contribution in [0.5, 0.6) is 0 Å². The predicted octanol–water partition coefficient (Wildman–Crippen LogP) is 4.96. The van der Waals surface area contributed by atoms with Gasteiger partial charge in [-0.05, 0) is 53.6 Å². The first kappa shape index (κ1) is 24.2. The molecule has 8 nitrogen and oxygen atoms in total. The fourth-order valence-electron chi connectivity index (χ4n) is 3.52. The highest BCUT2D eigenvalue weighted by Crippen LogP contribution is 2.26. The summed E-state index contributed by atoms with van der Waals surface area (Å²) in [5.41, 5.74) is 3.56. The Labute approximate surface area is 207 Å². The SMILES string of the molecule is CC(CNc1ccc(C(=O)NCCC(=O)O)cc1)Cc1ccc(-c2noc(-c3cccs3)n2)cc1. The highest BCUT2D eigenvalue weighted by atomic mass is 32.1. The average molecular weight is 491 g/mol. The van der Waals surface area contributed by atoms with Gasteiger partial charge >= 0.3 is 5.97 Å². The summed E-state index contributed by atoms with van der Waals surface area (Å²) in [5, 5.41) is 20.7. The number of carboxylic acids is 1. The molecule has 2 heterocycles. The van der Waals surface area contributed by atoms with Crippen molar-refractivity contribution in [3.05, 3.63) is 77.2 Å². The smallest absolute Gasteiger partial charge is 0.305 e. The minimum Gasteiger partial charge on any atom is -0.481 e. The Hall–Kier alpha value is -3.98. The first-order valence-electron chi connectivity index (χ1n) is 11.3. The van der Waals surface area contributed by atoms with E-state index in [0.29, 0.717) is 23.2 Å². The van der Waals surface area contributed by atoms with Crippen LogP contribution in [0.4, 0.5) is 5.69 Å². The highest BCUT2D eigenvalue weighted by Gasteiger charge is 2.12. The largest absolute Gasteiger partial charge is 0.481 e. The normalized spacial score (nSPS) is 11.7. The predicted molar refractivity (Wildman–Crippen MR) is 135 cm³/mol. The van der Waals surface area contributed by atoms with Crippen LogP contribution in [0.1, 0.15) is 29.3 Å². The number of rotatable bonds is 11. The minimum absolute atomic E-state index is 0.0976. The van der Waals surface area contributed by atoms with Crippen LogP contribution in [0.15, 0.2) is 70.6 Å². The summed E-state index contributed by atoms with van der Waals surface area (Å²) in [4.78, 5) is 28.0. The van der Waals surface area contributed by atoms with Crippen LogP contribution < -0.4 is 10.6 Å². The van der Waals surface area contributed by atoms with Crippen molar-refractivity contribution in [3.63, 3.8) is 0 Å². The van der Waals surface area contributed by atoms with Crippen molar-refractivity contribution < 1.29 is 19.2 Å². The van der Waals surface area contributed by atoms with Crippen molar-refractivity contribution in [3.8, 4) is 22.2 Å². The molecule has 0 radical (unpaired) electrons. The lowest BCUT2D eigenvalue weighted by molar-refractivity contribution is -0.136. The number of nitrogens with one attached hydrogen (secondary N) is 2. The molecule has 0 spiro atoms. The third kappa shape index (κ3) is 6.77. The van der Waals surface area contributed by atoms with Crippen molar-refractivity contribution in [2.24, 2.45) is 5.92 Å². The van der Waals surface area contributed by atoms with Crippen LogP contribution in [0.2, 0.25) is 0 Å². The van der Waals surface area contributed by atoms with Crippen LogP contribution in [0.25, 0.3) is 22.2 Å². The van der Waals surface area contributed by atoms with E-state index in [1.165, 1.54) is 5.56 Å². The first-order valence-corrected chi connectivity index (χ1v) is 12.2. The standard InChI is InChI=1S/C26H26N4O4S/c1-17(16-28-21-10-8-20(9-11-21)25(33)27-13-12-23(31)32)15-18-4-6-19(7-5-18)24-29-26(34-30-24)22-3-2-14-35-22/h2-11,14,17,28H,12-13,15-16H2,1H3,(H,27,33)(H,31,32). The number of carboxylic acid groups (broad SMARTS) is 1. The second-order valence-electron chi connectivity index (χ2n) is 8.26. The Morgan fingerprint density at radius 1 is 1.09 bits per heavy atom. The van der Waals surface area contributed by atoms with Gasteiger partial charge in [-0.2, -0.15) is 4.98 Å². The Morgan fingerprint density at radius 3 is 2.54 bits per heavy atom. The molecule has 0 saturated carbocycles. The number of hydrogen-bond acceptors (Lipinski definition) is 7.